The van der Waals surface area contributed by atoms with Crippen LogP contribution in [0.15, 0.2) is 204 Å². The molecule has 0 atom stereocenters. The van der Waals surface area contributed by atoms with Crippen LogP contribution in [0.2, 0.25) is 0 Å². The van der Waals surface area contributed by atoms with Crippen molar-refractivity contribution in [3.8, 4) is 33.4 Å². The quantitative estimate of drug-likeness (QED) is 0.175. The number of anilines is 3. The number of rotatable bonds is 6. The van der Waals surface area contributed by atoms with Crippen LogP contribution in [0.1, 0.15) is 15.1 Å². The first-order chi connectivity index (χ1) is 30.4. The Morgan fingerprint density at radius 1 is 0.385 bits per heavy atom. The molecule has 0 aliphatic heterocycles. The number of fused-ring (bicyclic) bond motifs is 5. The second-order valence-corrected chi connectivity index (χ2v) is 12.5. The summed E-state index contributed by atoms with van der Waals surface area (Å²) in [7, 11) is 0. The van der Waals surface area contributed by atoms with Crippen LogP contribution in [0.5, 0.6) is 0 Å². The van der Waals surface area contributed by atoms with Gasteiger partial charge in [-0.2, -0.15) is 0 Å². The van der Waals surface area contributed by atoms with Gasteiger partial charge in [-0.1, -0.05) is 151 Å². The van der Waals surface area contributed by atoms with Crippen molar-refractivity contribution in [1.29, 1.82) is 0 Å². The molecule has 1 aromatic heterocycles. The summed E-state index contributed by atoms with van der Waals surface area (Å²) in [5.74, 6) is 0. The van der Waals surface area contributed by atoms with Crippen LogP contribution in [-0.4, -0.2) is 0 Å². The molecule has 0 aliphatic rings. The van der Waals surface area contributed by atoms with Gasteiger partial charge in [0.15, 0.2) is 0 Å². The van der Waals surface area contributed by atoms with Gasteiger partial charge in [0.1, 0.15) is 11.2 Å². The minimum Gasteiger partial charge on any atom is -0.456 e. The molecule has 10 aromatic rings. The number of nitrogens with zero attached hydrogens (tertiary/aromatic N) is 1. The molecular weight excluding hydrogens is 631 g/mol. The molecule has 2 heteroatoms. The Kier molecular flexibility index (Phi) is 4.96. The lowest BCUT2D eigenvalue weighted by molar-refractivity contribution is 0.669. The molecule has 0 saturated carbocycles. The van der Waals surface area contributed by atoms with E-state index in [0.717, 1.165) is 49.4 Å². The van der Waals surface area contributed by atoms with Gasteiger partial charge in [-0.25, -0.2) is 0 Å². The number of para-hydroxylation sites is 1. The van der Waals surface area contributed by atoms with E-state index in [1.165, 1.54) is 0 Å². The standard InChI is InChI=1S/C50H33NO/c1-3-17-42-34(11-1)13-8-20-44(42)36-25-29-39(30-26-36)51(40-31-27-37(28-32-40)45-21-9-14-35-12-2-4-18-43(35)45)41-16-7-15-38(33-41)46-22-10-24-49-50(46)47-19-5-6-23-48(47)52-49/h1-33H/i1D,3D,8D,11D,13D,17D,20D,25D,26D,29D,30D. The van der Waals surface area contributed by atoms with Crippen LogP contribution in [0, 0.1) is 0 Å². The zero-order valence-electron chi connectivity index (χ0n) is 38.6. The van der Waals surface area contributed by atoms with E-state index in [1.807, 2.05) is 115 Å². The Balaban J connectivity index is 1.22. The topological polar surface area (TPSA) is 16.4 Å². The lowest BCUT2D eigenvalue weighted by atomic mass is 9.97. The van der Waals surface area contributed by atoms with E-state index in [-0.39, 0.29) is 22.0 Å². The number of hydrogen-bond donors (Lipinski definition) is 0. The van der Waals surface area contributed by atoms with Crippen molar-refractivity contribution in [2.75, 3.05) is 4.90 Å². The van der Waals surface area contributed by atoms with Crippen LogP contribution in [0.3, 0.4) is 0 Å². The number of furan rings is 1. The predicted molar refractivity (Wildman–Crippen MR) is 220 cm³/mol. The van der Waals surface area contributed by atoms with E-state index in [9.17, 15) is 5.48 Å². The van der Waals surface area contributed by atoms with Gasteiger partial charge in [-0.05, 0) is 103 Å². The maximum absolute atomic E-state index is 9.62. The molecule has 1 heterocycles. The van der Waals surface area contributed by atoms with Crippen molar-refractivity contribution in [1.82, 2.24) is 0 Å². The van der Waals surface area contributed by atoms with Gasteiger partial charge in [0.05, 0.1) is 15.1 Å². The van der Waals surface area contributed by atoms with Crippen LogP contribution >= 0.6 is 0 Å². The smallest absolute Gasteiger partial charge is 0.136 e. The van der Waals surface area contributed by atoms with Gasteiger partial charge < -0.3 is 9.32 Å². The zero-order valence-corrected chi connectivity index (χ0v) is 27.6. The van der Waals surface area contributed by atoms with Crippen molar-refractivity contribution in [2.24, 2.45) is 0 Å². The van der Waals surface area contributed by atoms with E-state index in [4.69, 9.17) is 14.0 Å². The molecule has 0 N–H and O–H groups in total. The summed E-state index contributed by atoms with van der Waals surface area (Å²) in [6.07, 6.45) is 0. The van der Waals surface area contributed by atoms with E-state index >= 15 is 0 Å². The Labute approximate surface area is 317 Å². The molecule has 0 saturated heterocycles. The zero-order chi connectivity index (χ0) is 44.0. The summed E-state index contributed by atoms with van der Waals surface area (Å²) in [5.41, 5.74) is 5.16. The predicted octanol–water partition coefficient (Wildman–Crippen LogP) is 14.4. The second kappa shape index (κ2) is 12.5. The first-order valence-corrected chi connectivity index (χ1v) is 16.9. The Bertz CT molecular complexity index is 3500. The van der Waals surface area contributed by atoms with Gasteiger partial charge in [-0.3, -0.25) is 0 Å². The average molecular weight is 675 g/mol. The summed E-state index contributed by atoms with van der Waals surface area (Å²) in [5, 5.41) is 3.32. The van der Waals surface area contributed by atoms with Gasteiger partial charge >= 0.3 is 0 Å². The minimum absolute atomic E-state index is 0.114. The molecule has 0 unspecified atom stereocenters. The molecule has 0 amide bonds. The van der Waals surface area contributed by atoms with Crippen LogP contribution in [0.25, 0.3) is 76.9 Å². The highest BCUT2D eigenvalue weighted by Crippen LogP contribution is 2.42. The Morgan fingerprint density at radius 3 is 2.00 bits per heavy atom. The fourth-order valence-corrected chi connectivity index (χ4v) is 7.04. The Hall–Kier alpha value is -6.90. The molecule has 244 valence electrons. The SMILES string of the molecule is [2H]c1c([2H])c(N(c2ccc(-c3cccc4ccccc34)cc2)c2cccc(-c3cccc4oc5ccccc5c34)c2)c([2H])c([2H])c1-c1c([2H])c([2H])c([2H])c2c([2H])c([2H])c([2H])c([2H])c12. The third kappa shape index (κ3) is 5.12. The van der Waals surface area contributed by atoms with Crippen molar-refractivity contribution >= 4 is 60.5 Å². The van der Waals surface area contributed by atoms with Crippen LogP contribution in [0.4, 0.5) is 17.1 Å². The highest BCUT2D eigenvalue weighted by molar-refractivity contribution is 6.12. The van der Waals surface area contributed by atoms with Crippen molar-refractivity contribution in [3.05, 3.63) is 200 Å². The van der Waals surface area contributed by atoms with E-state index < -0.39 is 72.0 Å². The van der Waals surface area contributed by atoms with Gasteiger partial charge in [0, 0.05) is 27.8 Å². The van der Waals surface area contributed by atoms with Gasteiger partial charge in [0.2, 0.25) is 0 Å². The molecule has 0 fully saturated rings. The summed E-state index contributed by atoms with van der Waals surface area (Å²) in [4.78, 5) is 1.66. The third-order valence-electron chi connectivity index (χ3n) is 9.44. The van der Waals surface area contributed by atoms with E-state index in [2.05, 4.69) is 18.2 Å². The summed E-state index contributed by atoms with van der Waals surface area (Å²) >= 11 is 0. The number of benzene rings is 9. The summed E-state index contributed by atoms with van der Waals surface area (Å²) in [6, 6.07) is 36.3. The molecule has 0 spiro atoms. The van der Waals surface area contributed by atoms with Gasteiger partial charge in [-0.15, -0.1) is 0 Å². The number of hydrogen-bond acceptors (Lipinski definition) is 2. The Morgan fingerprint density at radius 2 is 1.10 bits per heavy atom. The molecule has 2 nitrogen and oxygen atoms in total. The molecular formula is C50H33NO. The molecule has 0 bridgehead atoms. The van der Waals surface area contributed by atoms with Crippen molar-refractivity contribution in [2.45, 2.75) is 0 Å². The highest BCUT2D eigenvalue weighted by Gasteiger charge is 2.17. The lowest BCUT2D eigenvalue weighted by Gasteiger charge is -2.26. The molecule has 0 radical (unpaired) electrons. The largest absolute Gasteiger partial charge is 0.456 e. The van der Waals surface area contributed by atoms with E-state index in [0.29, 0.717) is 17.0 Å². The maximum Gasteiger partial charge on any atom is 0.136 e. The third-order valence-corrected chi connectivity index (χ3v) is 9.44. The van der Waals surface area contributed by atoms with E-state index in [1.54, 1.807) is 4.90 Å². The normalized spacial score (nSPS) is 14.4. The first kappa shape index (κ1) is 20.7. The highest BCUT2D eigenvalue weighted by atomic mass is 16.3. The molecule has 52 heavy (non-hydrogen) atoms. The lowest BCUT2D eigenvalue weighted by Crippen LogP contribution is -2.10. The van der Waals surface area contributed by atoms with Crippen LogP contribution < -0.4 is 4.90 Å². The van der Waals surface area contributed by atoms with Crippen LogP contribution in [-0.2, 0) is 0 Å². The minimum atomic E-state index is -0.673. The monoisotopic (exact) mass is 674 g/mol. The average Bonchev–Trinajstić information content (AvgIpc) is 3.70. The summed E-state index contributed by atoms with van der Waals surface area (Å²) < 4.78 is 105. The van der Waals surface area contributed by atoms with Crippen molar-refractivity contribution in [3.63, 3.8) is 0 Å². The fourth-order valence-electron chi connectivity index (χ4n) is 7.04. The molecule has 10 rings (SSSR count). The van der Waals surface area contributed by atoms with Gasteiger partial charge in [0.25, 0.3) is 0 Å². The second-order valence-electron chi connectivity index (χ2n) is 12.5. The molecule has 0 aliphatic carbocycles. The molecule has 9 aromatic carbocycles. The maximum atomic E-state index is 9.62. The summed E-state index contributed by atoms with van der Waals surface area (Å²) in [6.45, 7) is 0. The fraction of sp³-hybridized carbons (Fsp3) is 0. The first-order valence-electron chi connectivity index (χ1n) is 22.4. The van der Waals surface area contributed by atoms with Crippen molar-refractivity contribution < 1.29 is 19.5 Å².